The molecule has 0 saturated heterocycles. The molecule has 2 heterocycles. The van der Waals surface area contributed by atoms with E-state index in [4.69, 9.17) is 10.3 Å². The Morgan fingerprint density at radius 3 is 2.88 bits per heavy atom. The van der Waals surface area contributed by atoms with Crippen LogP contribution in [0, 0.1) is 6.92 Å². The zero-order chi connectivity index (χ0) is 11.8. The summed E-state index contributed by atoms with van der Waals surface area (Å²) in [6.07, 6.45) is 1.45. The van der Waals surface area contributed by atoms with Crippen LogP contribution in [-0.2, 0) is 0 Å². The highest BCUT2D eigenvalue weighted by atomic mass is 16.5. The van der Waals surface area contributed by atoms with Crippen molar-refractivity contribution >= 4 is 16.9 Å². The van der Waals surface area contributed by atoms with E-state index in [0.717, 1.165) is 11.1 Å². The monoisotopic (exact) mass is 221 g/mol. The summed E-state index contributed by atoms with van der Waals surface area (Å²) >= 11 is 0. The van der Waals surface area contributed by atoms with E-state index in [1.807, 2.05) is 20.8 Å². The molecule has 0 aliphatic rings. The van der Waals surface area contributed by atoms with Gasteiger partial charge in [0.15, 0.2) is 0 Å². The number of aromatic nitrogens is 3. The predicted molar refractivity (Wildman–Crippen MR) is 61.1 cm³/mol. The Morgan fingerprint density at radius 2 is 2.19 bits per heavy atom. The smallest absolute Gasteiger partial charge is 0.263 e. The molecule has 2 aromatic heterocycles. The molecule has 0 atom stereocenters. The zero-order valence-electron chi connectivity index (χ0n) is 9.61. The van der Waals surface area contributed by atoms with Crippen molar-refractivity contribution in [2.45, 2.75) is 26.3 Å². The van der Waals surface area contributed by atoms with Crippen LogP contribution >= 0.6 is 0 Å². The van der Waals surface area contributed by atoms with E-state index in [9.17, 15) is 0 Å². The molecule has 0 bridgehead atoms. The van der Waals surface area contributed by atoms with Crippen molar-refractivity contribution in [3.8, 4) is 0 Å². The minimum absolute atomic E-state index is 0.231. The van der Waals surface area contributed by atoms with E-state index in [-0.39, 0.29) is 5.54 Å². The van der Waals surface area contributed by atoms with E-state index in [0.29, 0.717) is 18.1 Å². The molecule has 0 fully saturated rings. The van der Waals surface area contributed by atoms with Crippen LogP contribution in [-0.4, -0.2) is 27.2 Å². The standard InChI is InChI=1S/C10H15N5O/c1-6-7-8(14-10(2,3)4-11)12-5-13-9(7)16-15-6/h5H,4,11H2,1-3H3,(H,12,13,14). The Balaban J connectivity index is 2.48. The molecule has 86 valence electrons. The lowest BCUT2D eigenvalue weighted by atomic mass is 10.1. The van der Waals surface area contributed by atoms with Gasteiger partial charge in [-0.25, -0.2) is 4.98 Å². The van der Waals surface area contributed by atoms with Gasteiger partial charge in [0, 0.05) is 12.1 Å². The largest absolute Gasteiger partial charge is 0.363 e. The summed E-state index contributed by atoms with van der Waals surface area (Å²) in [5, 5.41) is 7.93. The molecule has 0 saturated carbocycles. The lowest BCUT2D eigenvalue weighted by Crippen LogP contribution is -2.39. The molecule has 0 aromatic carbocycles. The maximum atomic E-state index is 5.67. The van der Waals surface area contributed by atoms with Crippen molar-refractivity contribution < 1.29 is 4.52 Å². The molecule has 2 aromatic rings. The van der Waals surface area contributed by atoms with Gasteiger partial charge in [-0.3, -0.25) is 0 Å². The second-order valence-corrected chi connectivity index (χ2v) is 4.38. The number of hydrogen-bond acceptors (Lipinski definition) is 6. The second kappa shape index (κ2) is 3.71. The third-order valence-electron chi connectivity index (χ3n) is 2.41. The van der Waals surface area contributed by atoms with Gasteiger partial charge in [-0.2, -0.15) is 4.98 Å². The highest BCUT2D eigenvalue weighted by Gasteiger charge is 2.19. The minimum Gasteiger partial charge on any atom is -0.363 e. The van der Waals surface area contributed by atoms with Crippen molar-refractivity contribution in [3.05, 3.63) is 12.0 Å². The van der Waals surface area contributed by atoms with Gasteiger partial charge in [0.1, 0.15) is 17.5 Å². The van der Waals surface area contributed by atoms with Crippen LogP contribution in [0.4, 0.5) is 5.82 Å². The summed E-state index contributed by atoms with van der Waals surface area (Å²) in [4.78, 5) is 8.20. The van der Waals surface area contributed by atoms with Crippen molar-refractivity contribution in [2.75, 3.05) is 11.9 Å². The van der Waals surface area contributed by atoms with Crippen LogP contribution in [0.2, 0.25) is 0 Å². The average molecular weight is 221 g/mol. The topological polar surface area (TPSA) is 89.9 Å². The SMILES string of the molecule is Cc1noc2ncnc(NC(C)(C)CN)c12. The number of rotatable bonds is 3. The minimum atomic E-state index is -0.231. The van der Waals surface area contributed by atoms with Gasteiger partial charge in [0.2, 0.25) is 0 Å². The van der Waals surface area contributed by atoms with Gasteiger partial charge < -0.3 is 15.6 Å². The number of aryl methyl sites for hydroxylation is 1. The summed E-state index contributed by atoms with van der Waals surface area (Å²) < 4.78 is 5.07. The molecule has 16 heavy (non-hydrogen) atoms. The Bertz CT molecular complexity index is 505. The first-order valence-electron chi connectivity index (χ1n) is 5.09. The molecule has 0 spiro atoms. The molecule has 3 N–H and O–H groups in total. The van der Waals surface area contributed by atoms with Crippen LogP contribution in [0.1, 0.15) is 19.5 Å². The zero-order valence-corrected chi connectivity index (χ0v) is 9.61. The molecular formula is C10H15N5O. The third kappa shape index (κ3) is 1.83. The number of anilines is 1. The lowest BCUT2D eigenvalue weighted by molar-refractivity contribution is 0.442. The second-order valence-electron chi connectivity index (χ2n) is 4.38. The summed E-state index contributed by atoms with van der Waals surface area (Å²) in [5.74, 6) is 0.708. The highest BCUT2D eigenvalue weighted by molar-refractivity contribution is 5.87. The Kier molecular flexibility index (Phi) is 2.51. The Hall–Kier alpha value is -1.69. The first-order chi connectivity index (χ1) is 7.53. The molecule has 6 nitrogen and oxygen atoms in total. The number of nitrogens with zero attached hydrogens (tertiary/aromatic N) is 3. The van der Waals surface area contributed by atoms with Crippen LogP contribution in [0.15, 0.2) is 10.9 Å². The quantitative estimate of drug-likeness (QED) is 0.805. The van der Waals surface area contributed by atoms with Gasteiger partial charge >= 0.3 is 0 Å². The number of fused-ring (bicyclic) bond motifs is 1. The van der Waals surface area contributed by atoms with Crippen LogP contribution in [0.25, 0.3) is 11.1 Å². The van der Waals surface area contributed by atoms with E-state index in [1.165, 1.54) is 6.33 Å². The molecule has 2 rings (SSSR count). The van der Waals surface area contributed by atoms with Crippen LogP contribution < -0.4 is 11.1 Å². The molecular weight excluding hydrogens is 206 g/mol. The highest BCUT2D eigenvalue weighted by Crippen LogP contribution is 2.24. The normalized spacial score (nSPS) is 12.0. The van der Waals surface area contributed by atoms with Gasteiger partial charge in [-0.05, 0) is 20.8 Å². The average Bonchev–Trinajstić information content (AvgIpc) is 2.61. The molecule has 0 aliphatic heterocycles. The molecule has 0 amide bonds. The van der Waals surface area contributed by atoms with E-state index >= 15 is 0 Å². The lowest BCUT2D eigenvalue weighted by Gasteiger charge is -2.24. The van der Waals surface area contributed by atoms with Gasteiger partial charge in [0.05, 0.1) is 5.69 Å². The maximum Gasteiger partial charge on any atom is 0.263 e. The van der Waals surface area contributed by atoms with Crippen molar-refractivity contribution in [3.63, 3.8) is 0 Å². The van der Waals surface area contributed by atoms with Gasteiger partial charge in [0.25, 0.3) is 5.71 Å². The summed E-state index contributed by atoms with van der Waals surface area (Å²) in [5.41, 5.74) is 6.69. The van der Waals surface area contributed by atoms with Crippen molar-refractivity contribution in [1.29, 1.82) is 0 Å². The Morgan fingerprint density at radius 1 is 1.44 bits per heavy atom. The van der Waals surface area contributed by atoms with Crippen LogP contribution in [0.5, 0.6) is 0 Å². The van der Waals surface area contributed by atoms with Crippen molar-refractivity contribution in [1.82, 2.24) is 15.1 Å². The fraction of sp³-hybridized carbons (Fsp3) is 0.500. The van der Waals surface area contributed by atoms with Gasteiger partial charge in [-0.1, -0.05) is 5.16 Å². The molecule has 0 unspecified atom stereocenters. The van der Waals surface area contributed by atoms with Crippen molar-refractivity contribution in [2.24, 2.45) is 5.73 Å². The summed E-state index contributed by atoms with van der Waals surface area (Å²) in [7, 11) is 0. The molecule has 6 heteroatoms. The number of hydrogen-bond donors (Lipinski definition) is 2. The van der Waals surface area contributed by atoms with Gasteiger partial charge in [-0.15, -0.1) is 0 Å². The maximum absolute atomic E-state index is 5.67. The predicted octanol–water partition coefficient (Wildman–Crippen LogP) is 1.08. The van der Waals surface area contributed by atoms with Crippen LogP contribution in [0.3, 0.4) is 0 Å². The first kappa shape index (κ1) is 10.8. The summed E-state index contributed by atoms with van der Waals surface area (Å²) in [6.45, 7) is 6.37. The number of nitrogens with two attached hydrogens (primary N) is 1. The van der Waals surface area contributed by atoms with E-state index in [2.05, 4.69) is 20.4 Å². The van der Waals surface area contributed by atoms with E-state index in [1.54, 1.807) is 0 Å². The third-order valence-corrected chi connectivity index (χ3v) is 2.41. The Labute approximate surface area is 93.2 Å². The fourth-order valence-electron chi connectivity index (χ4n) is 1.39. The molecule has 0 aliphatic carbocycles. The number of nitrogens with one attached hydrogen (secondary N) is 1. The molecule has 0 radical (unpaired) electrons. The first-order valence-corrected chi connectivity index (χ1v) is 5.09. The van der Waals surface area contributed by atoms with E-state index < -0.39 is 0 Å². The fourth-order valence-corrected chi connectivity index (χ4v) is 1.39. The summed E-state index contributed by atoms with van der Waals surface area (Å²) in [6, 6.07) is 0.